The molecule has 3 rings (SSSR count). The van der Waals surface area contributed by atoms with Crippen molar-refractivity contribution < 1.29 is 9.21 Å². The summed E-state index contributed by atoms with van der Waals surface area (Å²) < 4.78 is 6.66. The van der Waals surface area contributed by atoms with Gasteiger partial charge in [0.1, 0.15) is 5.76 Å². The first-order chi connectivity index (χ1) is 11.7. The third-order valence-electron chi connectivity index (χ3n) is 3.98. The third-order valence-corrected chi connectivity index (χ3v) is 4.47. The molecule has 1 aromatic heterocycles. The Morgan fingerprint density at radius 2 is 1.96 bits per heavy atom. The van der Waals surface area contributed by atoms with Gasteiger partial charge in [0.15, 0.2) is 5.88 Å². The topological polar surface area (TPSA) is 57.8 Å². The molecule has 5 nitrogen and oxygen atoms in total. The molecule has 0 radical (unpaired) electrons. The van der Waals surface area contributed by atoms with Crippen LogP contribution in [0.2, 0.25) is 0 Å². The number of nitrogens with zero attached hydrogens (tertiary/aromatic N) is 2. The highest BCUT2D eigenvalue weighted by atomic mass is 79.9. The highest BCUT2D eigenvalue weighted by molar-refractivity contribution is 9.10. The van der Waals surface area contributed by atoms with Crippen molar-refractivity contribution in [3.05, 3.63) is 52.2 Å². The molecule has 0 bridgehead atoms. The summed E-state index contributed by atoms with van der Waals surface area (Å²) in [6, 6.07) is 11.0. The van der Waals surface area contributed by atoms with Crippen LogP contribution in [0.15, 0.2) is 50.4 Å². The number of amides is 1. The third kappa shape index (κ3) is 4.47. The lowest BCUT2D eigenvalue weighted by Gasteiger charge is -2.18. The van der Waals surface area contributed by atoms with Crippen LogP contribution in [0.4, 0.5) is 5.88 Å². The van der Waals surface area contributed by atoms with E-state index in [0.29, 0.717) is 11.3 Å². The van der Waals surface area contributed by atoms with Crippen molar-refractivity contribution in [2.75, 3.05) is 18.0 Å². The van der Waals surface area contributed by atoms with Gasteiger partial charge in [-0.2, -0.15) is 5.10 Å². The van der Waals surface area contributed by atoms with Gasteiger partial charge >= 0.3 is 0 Å². The van der Waals surface area contributed by atoms with Gasteiger partial charge in [-0.15, -0.1) is 0 Å². The van der Waals surface area contributed by atoms with E-state index in [4.69, 9.17) is 4.42 Å². The molecule has 2 aromatic rings. The fourth-order valence-corrected chi connectivity index (χ4v) is 3.12. The van der Waals surface area contributed by atoms with E-state index in [1.807, 2.05) is 24.3 Å². The van der Waals surface area contributed by atoms with Crippen LogP contribution >= 0.6 is 15.9 Å². The molecule has 24 heavy (non-hydrogen) atoms. The van der Waals surface area contributed by atoms with Crippen molar-refractivity contribution >= 4 is 33.9 Å². The summed E-state index contributed by atoms with van der Waals surface area (Å²) >= 11 is 3.34. The van der Waals surface area contributed by atoms with E-state index in [0.717, 1.165) is 23.4 Å². The van der Waals surface area contributed by atoms with Crippen molar-refractivity contribution in [3.8, 4) is 0 Å². The Morgan fingerprint density at radius 1 is 1.17 bits per heavy atom. The quantitative estimate of drug-likeness (QED) is 0.629. The zero-order valence-electron chi connectivity index (χ0n) is 13.4. The highest BCUT2D eigenvalue weighted by Gasteiger charge is 2.13. The minimum Gasteiger partial charge on any atom is -0.440 e. The Morgan fingerprint density at radius 3 is 2.71 bits per heavy atom. The van der Waals surface area contributed by atoms with Crippen LogP contribution in [-0.4, -0.2) is 25.2 Å². The minimum atomic E-state index is -0.258. The summed E-state index contributed by atoms with van der Waals surface area (Å²) in [7, 11) is 0. The number of benzene rings is 1. The van der Waals surface area contributed by atoms with Crippen molar-refractivity contribution in [2.24, 2.45) is 5.10 Å². The summed E-state index contributed by atoms with van der Waals surface area (Å²) in [4.78, 5) is 14.3. The number of furan rings is 1. The number of carbonyl (C=O) groups is 1. The number of hydrazone groups is 1. The smallest absolute Gasteiger partial charge is 0.271 e. The SMILES string of the molecule is O=C(N/N=C/c1ccc(N2CCCCCC2)o1)c1cccc(Br)c1. The van der Waals surface area contributed by atoms with E-state index >= 15 is 0 Å². The molecule has 1 saturated heterocycles. The van der Waals surface area contributed by atoms with Gasteiger partial charge in [0.25, 0.3) is 5.91 Å². The molecule has 0 saturated carbocycles. The summed E-state index contributed by atoms with van der Waals surface area (Å²) in [5.74, 6) is 1.24. The van der Waals surface area contributed by atoms with Gasteiger partial charge in [0.2, 0.25) is 0 Å². The molecule has 0 spiro atoms. The number of halogens is 1. The van der Waals surface area contributed by atoms with Crippen molar-refractivity contribution in [3.63, 3.8) is 0 Å². The van der Waals surface area contributed by atoms with Gasteiger partial charge in [-0.05, 0) is 37.1 Å². The molecule has 1 aliphatic rings. The summed E-state index contributed by atoms with van der Waals surface area (Å²) in [5, 5.41) is 3.97. The summed E-state index contributed by atoms with van der Waals surface area (Å²) in [6.45, 7) is 2.06. The largest absolute Gasteiger partial charge is 0.440 e. The van der Waals surface area contributed by atoms with Crippen LogP contribution in [0.1, 0.15) is 41.8 Å². The van der Waals surface area contributed by atoms with Crippen LogP contribution in [-0.2, 0) is 0 Å². The number of hydrogen-bond donors (Lipinski definition) is 1. The molecule has 1 aromatic carbocycles. The average Bonchev–Trinajstić information content (AvgIpc) is 2.88. The number of anilines is 1. The molecule has 126 valence electrons. The zero-order chi connectivity index (χ0) is 16.8. The Labute approximate surface area is 149 Å². The first kappa shape index (κ1) is 16.8. The Bertz CT molecular complexity index is 719. The maximum absolute atomic E-state index is 12.0. The Kier molecular flexibility index (Phi) is 5.69. The highest BCUT2D eigenvalue weighted by Crippen LogP contribution is 2.21. The van der Waals surface area contributed by atoms with Gasteiger partial charge in [-0.25, -0.2) is 5.43 Å². The van der Waals surface area contributed by atoms with Gasteiger partial charge in [-0.3, -0.25) is 4.79 Å². The summed E-state index contributed by atoms with van der Waals surface area (Å²) in [6.07, 6.45) is 6.50. The van der Waals surface area contributed by atoms with Crippen LogP contribution in [0.5, 0.6) is 0 Å². The monoisotopic (exact) mass is 389 g/mol. The number of nitrogens with one attached hydrogen (secondary N) is 1. The predicted octanol–water partition coefficient (Wildman–Crippen LogP) is 4.19. The molecule has 6 heteroatoms. The lowest BCUT2D eigenvalue weighted by atomic mass is 10.2. The maximum atomic E-state index is 12.0. The first-order valence-corrected chi connectivity index (χ1v) is 8.95. The normalized spacial score (nSPS) is 15.5. The zero-order valence-corrected chi connectivity index (χ0v) is 15.0. The molecule has 0 aliphatic carbocycles. The molecule has 1 fully saturated rings. The van der Waals surface area contributed by atoms with Crippen molar-refractivity contribution in [1.82, 2.24) is 5.43 Å². The molecule has 1 aliphatic heterocycles. The van der Waals surface area contributed by atoms with Gasteiger partial charge in [0.05, 0.1) is 6.21 Å². The Balaban J connectivity index is 1.58. The second-order valence-electron chi connectivity index (χ2n) is 5.79. The van der Waals surface area contributed by atoms with E-state index in [9.17, 15) is 4.79 Å². The predicted molar refractivity (Wildman–Crippen MR) is 98.6 cm³/mol. The van der Waals surface area contributed by atoms with Crippen LogP contribution in [0, 0.1) is 0 Å². The van der Waals surface area contributed by atoms with Gasteiger partial charge in [-0.1, -0.05) is 34.8 Å². The van der Waals surface area contributed by atoms with E-state index < -0.39 is 0 Å². The lowest BCUT2D eigenvalue weighted by molar-refractivity contribution is 0.0955. The van der Waals surface area contributed by atoms with Crippen LogP contribution in [0.3, 0.4) is 0 Å². The molecular weight excluding hydrogens is 370 g/mol. The number of carbonyl (C=O) groups excluding carboxylic acids is 1. The summed E-state index contributed by atoms with van der Waals surface area (Å²) in [5.41, 5.74) is 3.06. The molecule has 0 unspecified atom stereocenters. The number of hydrogen-bond acceptors (Lipinski definition) is 4. The fraction of sp³-hybridized carbons (Fsp3) is 0.333. The fourth-order valence-electron chi connectivity index (χ4n) is 2.72. The van der Waals surface area contributed by atoms with Crippen LogP contribution < -0.4 is 10.3 Å². The second kappa shape index (κ2) is 8.15. The van der Waals surface area contributed by atoms with E-state index in [-0.39, 0.29) is 5.91 Å². The maximum Gasteiger partial charge on any atom is 0.271 e. The number of rotatable bonds is 4. The molecule has 0 atom stereocenters. The second-order valence-corrected chi connectivity index (χ2v) is 6.70. The van der Waals surface area contributed by atoms with Crippen molar-refractivity contribution in [1.29, 1.82) is 0 Å². The molecule has 2 heterocycles. The molecule has 1 N–H and O–H groups in total. The Hall–Kier alpha value is -2.08. The standard InChI is InChI=1S/C18H20BrN3O2/c19-15-7-5-6-14(12-15)18(23)21-20-13-16-8-9-17(24-16)22-10-3-1-2-4-11-22/h5-9,12-13H,1-4,10-11H2,(H,21,23)/b20-13+. The van der Waals surface area contributed by atoms with Crippen molar-refractivity contribution in [2.45, 2.75) is 25.7 Å². The lowest BCUT2D eigenvalue weighted by Crippen LogP contribution is -2.23. The minimum absolute atomic E-state index is 0.258. The molecular formula is C18H20BrN3O2. The van der Waals surface area contributed by atoms with Gasteiger partial charge in [0, 0.05) is 29.2 Å². The first-order valence-electron chi connectivity index (χ1n) is 8.16. The van der Waals surface area contributed by atoms with Crippen LogP contribution in [0.25, 0.3) is 0 Å². The van der Waals surface area contributed by atoms with E-state index in [1.165, 1.54) is 31.9 Å². The van der Waals surface area contributed by atoms with E-state index in [2.05, 4.69) is 31.4 Å². The average molecular weight is 390 g/mol. The van der Waals surface area contributed by atoms with Gasteiger partial charge < -0.3 is 9.32 Å². The van der Waals surface area contributed by atoms with E-state index in [1.54, 1.807) is 12.1 Å². The molecule has 1 amide bonds.